The first-order valence-electron chi connectivity index (χ1n) is 4.49. The highest BCUT2D eigenvalue weighted by molar-refractivity contribution is 7.14. The molecular weight excluding hydrogens is 218 g/mol. The van der Waals surface area contributed by atoms with Crippen LogP contribution in [-0.4, -0.2) is 15.2 Å². The predicted molar refractivity (Wildman–Crippen MR) is 56.7 cm³/mol. The van der Waals surface area contributed by atoms with Gasteiger partial charge in [0.1, 0.15) is 5.82 Å². The lowest BCUT2D eigenvalue weighted by molar-refractivity contribution is 0.935. The maximum atomic E-state index is 5.84. The molecule has 1 aliphatic carbocycles. The molecule has 0 radical (unpaired) electrons. The van der Waals surface area contributed by atoms with Crippen LogP contribution in [0.2, 0.25) is 4.34 Å². The van der Waals surface area contributed by atoms with Crippen LogP contribution in [0, 0.1) is 0 Å². The van der Waals surface area contributed by atoms with E-state index in [1.165, 1.54) is 24.2 Å². The van der Waals surface area contributed by atoms with Crippen molar-refractivity contribution in [2.75, 3.05) is 0 Å². The Morgan fingerprint density at radius 1 is 1.50 bits per heavy atom. The summed E-state index contributed by atoms with van der Waals surface area (Å²) in [6.45, 7) is 0. The lowest BCUT2D eigenvalue weighted by Gasteiger charge is -1.85. The Kier molecular flexibility index (Phi) is 1.85. The molecule has 0 amide bonds. The van der Waals surface area contributed by atoms with Crippen molar-refractivity contribution in [2.24, 2.45) is 0 Å². The van der Waals surface area contributed by atoms with Gasteiger partial charge < -0.3 is 0 Å². The van der Waals surface area contributed by atoms with E-state index in [1.54, 1.807) is 0 Å². The Labute approximate surface area is 90.1 Å². The highest BCUT2D eigenvalue weighted by atomic mass is 35.5. The molecule has 0 aromatic carbocycles. The highest BCUT2D eigenvalue weighted by Gasteiger charge is 2.27. The van der Waals surface area contributed by atoms with Gasteiger partial charge in [-0.1, -0.05) is 11.6 Å². The van der Waals surface area contributed by atoms with Gasteiger partial charge in [-0.3, -0.25) is 5.10 Å². The van der Waals surface area contributed by atoms with E-state index in [0.717, 1.165) is 21.5 Å². The lowest BCUT2D eigenvalue weighted by Crippen LogP contribution is -1.80. The van der Waals surface area contributed by atoms with Crippen molar-refractivity contribution in [3.05, 3.63) is 21.6 Å². The number of hydrogen-bond donors (Lipinski definition) is 1. The van der Waals surface area contributed by atoms with Crippen molar-refractivity contribution in [2.45, 2.75) is 18.8 Å². The van der Waals surface area contributed by atoms with Crippen LogP contribution < -0.4 is 0 Å². The van der Waals surface area contributed by atoms with E-state index in [1.807, 2.05) is 11.4 Å². The van der Waals surface area contributed by atoms with Crippen molar-refractivity contribution >= 4 is 22.9 Å². The number of nitrogens with zero attached hydrogens (tertiary/aromatic N) is 2. The molecule has 0 bridgehead atoms. The molecule has 0 saturated heterocycles. The van der Waals surface area contributed by atoms with Gasteiger partial charge in [0.05, 0.1) is 4.34 Å². The number of aromatic amines is 1. The third-order valence-corrected chi connectivity index (χ3v) is 3.38. The van der Waals surface area contributed by atoms with E-state index >= 15 is 0 Å². The Bertz CT molecular complexity index is 458. The molecule has 2 aromatic rings. The van der Waals surface area contributed by atoms with Crippen molar-refractivity contribution in [3.63, 3.8) is 0 Å². The van der Waals surface area contributed by atoms with Gasteiger partial charge in [-0.05, 0) is 18.9 Å². The molecule has 3 nitrogen and oxygen atoms in total. The maximum Gasteiger partial charge on any atom is 0.182 e. The minimum absolute atomic E-state index is 0.616. The molecule has 14 heavy (non-hydrogen) atoms. The molecule has 1 N–H and O–H groups in total. The zero-order valence-corrected chi connectivity index (χ0v) is 8.90. The van der Waals surface area contributed by atoms with Crippen LogP contribution in [0.4, 0.5) is 0 Å². The third kappa shape index (κ3) is 1.44. The monoisotopic (exact) mass is 225 g/mol. The first-order valence-corrected chi connectivity index (χ1v) is 5.75. The van der Waals surface area contributed by atoms with E-state index < -0.39 is 0 Å². The first kappa shape index (κ1) is 8.44. The topological polar surface area (TPSA) is 41.6 Å². The number of rotatable bonds is 2. The van der Waals surface area contributed by atoms with Crippen molar-refractivity contribution in [3.8, 4) is 11.4 Å². The zero-order valence-electron chi connectivity index (χ0n) is 7.33. The van der Waals surface area contributed by atoms with Gasteiger partial charge in [0.25, 0.3) is 0 Å². The number of thiophene rings is 1. The summed E-state index contributed by atoms with van der Waals surface area (Å²) in [4.78, 5) is 4.44. The number of nitrogens with one attached hydrogen (secondary N) is 1. The smallest absolute Gasteiger partial charge is 0.182 e. The van der Waals surface area contributed by atoms with Gasteiger partial charge in [-0.2, -0.15) is 5.10 Å². The number of halogens is 1. The zero-order chi connectivity index (χ0) is 9.54. The second-order valence-electron chi connectivity index (χ2n) is 3.46. The first-order chi connectivity index (χ1) is 6.83. The average molecular weight is 226 g/mol. The normalized spacial score (nSPS) is 16.1. The van der Waals surface area contributed by atoms with Crippen LogP contribution >= 0.6 is 22.9 Å². The molecule has 1 fully saturated rings. The standard InChI is InChI=1S/C9H8ClN3S/c10-7-3-6(4-14-7)9-11-8(12-13-9)5-1-2-5/h3-5H,1-2H2,(H,11,12,13). The molecule has 2 heterocycles. The second-order valence-corrected chi connectivity index (χ2v) is 5.00. The Hall–Kier alpha value is -0.870. The summed E-state index contributed by atoms with van der Waals surface area (Å²) in [6.07, 6.45) is 2.47. The largest absolute Gasteiger partial charge is 0.262 e. The number of aromatic nitrogens is 3. The van der Waals surface area contributed by atoms with E-state index in [2.05, 4.69) is 15.2 Å². The molecule has 1 saturated carbocycles. The molecule has 0 spiro atoms. The van der Waals surface area contributed by atoms with Crippen molar-refractivity contribution in [1.29, 1.82) is 0 Å². The van der Waals surface area contributed by atoms with Crippen LogP contribution in [0.15, 0.2) is 11.4 Å². The van der Waals surface area contributed by atoms with Crippen molar-refractivity contribution in [1.82, 2.24) is 15.2 Å². The van der Waals surface area contributed by atoms with Crippen LogP contribution in [0.3, 0.4) is 0 Å². The van der Waals surface area contributed by atoms with Crippen LogP contribution in [0.1, 0.15) is 24.6 Å². The molecule has 1 aliphatic rings. The van der Waals surface area contributed by atoms with Crippen molar-refractivity contribution < 1.29 is 0 Å². The molecule has 2 aromatic heterocycles. The summed E-state index contributed by atoms with van der Waals surface area (Å²) >= 11 is 7.35. The summed E-state index contributed by atoms with van der Waals surface area (Å²) in [6, 6.07) is 1.89. The van der Waals surface area contributed by atoms with Crippen LogP contribution in [0.25, 0.3) is 11.4 Å². The maximum absolute atomic E-state index is 5.84. The molecule has 0 aliphatic heterocycles. The molecular formula is C9H8ClN3S. The quantitative estimate of drug-likeness (QED) is 0.854. The van der Waals surface area contributed by atoms with Crippen LogP contribution in [-0.2, 0) is 0 Å². The Morgan fingerprint density at radius 3 is 3.00 bits per heavy atom. The van der Waals surface area contributed by atoms with Crippen LogP contribution in [0.5, 0.6) is 0 Å². The SMILES string of the molecule is Clc1cc(-c2n[nH]c(C3CC3)n2)cs1. The summed E-state index contributed by atoms with van der Waals surface area (Å²) in [5.41, 5.74) is 1.00. The van der Waals surface area contributed by atoms with E-state index in [9.17, 15) is 0 Å². The average Bonchev–Trinajstić information content (AvgIpc) is 2.76. The van der Waals surface area contributed by atoms with Gasteiger partial charge in [0.2, 0.25) is 0 Å². The molecule has 72 valence electrons. The fourth-order valence-corrected chi connectivity index (χ4v) is 2.23. The van der Waals surface area contributed by atoms with Gasteiger partial charge in [0.15, 0.2) is 5.82 Å². The minimum atomic E-state index is 0.616. The number of hydrogen-bond acceptors (Lipinski definition) is 3. The molecule has 3 rings (SSSR count). The Balaban J connectivity index is 1.95. The fraction of sp³-hybridized carbons (Fsp3) is 0.333. The van der Waals surface area contributed by atoms with Gasteiger partial charge >= 0.3 is 0 Å². The molecule has 0 unspecified atom stereocenters. The van der Waals surface area contributed by atoms with Gasteiger partial charge in [-0.15, -0.1) is 11.3 Å². The van der Waals surface area contributed by atoms with E-state index in [0.29, 0.717) is 5.92 Å². The fourth-order valence-electron chi connectivity index (χ4n) is 1.37. The minimum Gasteiger partial charge on any atom is -0.262 e. The van der Waals surface area contributed by atoms with Gasteiger partial charge in [-0.25, -0.2) is 4.98 Å². The van der Waals surface area contributed by atoms with Gasteiger partial charge in [0, 0.05) is 16.9 Å². The summed E-state index contributed by atoms with van der Waals surface area (Å²) in [5, 5.41) is 9.12. The highest BCUT2D eigenvalue weighted by Crippen LogP contribution is 2.38. The second kappa shape index (κ2) is 3.07. The summed E-state index contributed by atoms with van der Waals surface area (Å²) < 4.78 is 0.776. The summed E-state index contributed by atoms with van der Waals surface area (Å²) in [7, 11) is 0. The summed E-state index contributed by atoms with van der Waals surface area (Å²) in [5.74, 6) is 2.39. The third-order valence-electron chi connectivity index (χ3n) is 2.29. The molecule has 0 atom stereocenters. The van der Waals surface area contributed by atoms with E-state index in [4.69, 9.17) is 11.6 Å². The lowest BCUT2D eigenvalue weighted by atomic mass is 10.3. The Morgan fingerprint density at radius 2 is 2.36 bits per heavy atom. The number of H-pyrrole nitrogens is 1. The van der Waals surface area contributed by atoms with E-state index in [-0.39, 0.29) is 0 Å². The predicted octanol–water partition coefficient (Wildman–Crippen LogP) is 3.06. The molecule has 5 heteroatoms.